The lowest BCUT2D eigenvalue weighted by atomic mass is 10.2. The predicted octanol–water partition coefficient (Wildman–Crippen LogP) is 2.16. The second kappa shape index (κ2) is 6.47. The van der Waals surface area contributed by atoms with E-state index in [4.69, 9.17) is 4.74 Å². The van der Waals surface area contributed by atoms with Gasteiger partial charge in [-0.1, -0.05) is 0 Å². The van der Waals surface area contributed by atoms with E-state index in [-0.39, 0.29) is 12.5 Å². The van der Waals surface area contributed by atoms with Gasteiger partial charge in [-0.3, -0.25) is 4.79 Å². The maximum absolute atomic E-state index is 11.7. The van der Waals surface area contributed by atoms with Crippen LogP contribution in [0.4, 0.5) is 0 Å². The van der Waals surface area contributed by atoms with Crippen LogP contribution in [0.15, 0.2) is 17.5 Å². The number of ether oxygens (including phenoxy) is 1. The highest BCUT2D eigenvalue weighted by Gasteiger charge is 2.06. The van der Waals surface area contributed by atoms with Gasteiger partial charge in [-0.05, 0) is 43.3 Å². The van der Waals surface area contributed by atoms with Gasteiger partial charge in [0.05, 0.1) is 12.2 Å². The Balaban J connectivity index is 1.80. The summed E-state index contributed by atoms with van der Waals surface area (Å²) in [4.78, 5) is 12.9. The number of nitrogens with zero attached hydrogens (tertiary/aromatic N) is 2. The fraction of sp³-hybridized carbons (Fsp3) is 0.357. The molecule has 5 nitrogen and oxygen atoms in total. The second-order valence-electron chi connectivity index (χ2n) is 4.54. The van der Waals surface area contributed by atoms with Crippen molar-refractivity contribution in [3.05, 3.63) is 39.2 Å². The number of aromatic nitrogens is 2. The average Bonchev–Trinajstić information content (AvgIpc) is 2.83. The van der Waals surface area contributed by atoms with E-state index in [2.05, 4.69) is 15.5 Å². The maximum Gasteiger partial charge on any atom is 0.258 e. The van der Waals surface area contributed by atoms with Crippen LogP contribution in [-0.2, 0) is 11.3 Å². The summed E-state index contributed by atoms with van der Waals surface area (Å²) in [6.45, 7) is 6.31. The van der Waals surface area contributed by atoms with Crippen molar-refractivity contribution in [1.82, 2.24) is 15.5 Å². The number of thiophene rings is 1. The predicted molar refractivity (Wildman–Crippen MR) is 77.9 cm³/mol. The number of carbonyl (C=O) groups is 1. The van der Waals surface area contributed by atoms with Gasteiger partial charge >= 0.3 is 0 Å². The summed E-state index contributed by atoms with van der Waals surface area (Å²) >= 11 is 1.63. The summed E-state index contributed by atoms with van der Waals surface area (Å²) in [5.74, 6) is 0.202. The second-order valence-corrected chi connectivity index (χ2v) is 5.54. The minimum Gasteiger partial charge on any atom is -0.466 e. The zero-order valence-electron chi connectivity index (χ0n) is 11.8. The summed E-state index contributed by atoms with van der Waals surface area (Å²) in [7, 11) is 0. The largest absolute Gasteiger partial charge is 0.466 e. The number of rotatable bonds is 5. The summed E-state index contributed by atoms with van der Waals surface area (Å²) in [6, 6.07) is 3.81. The fourth-order valence-corrected chi connectivity index (χ4v) is 2.39. The van der Waals surface area contributed by atoms with Crippen molar-refractivity contribution in [3.8, 4) is 5.88 Å². The van der Waals surface area contributed by atoms with Crippen molar-refractivity contribution in [2.45, 2.75) is 27.3 Å². The van der Waals surface area contributed by atoms with E-state index in [9.17, 15) is 4.79 Å². The number of carbonyl (C=O) groups excluding carboxylic acids is 1. The molecule has 6 heteroatoms. The number of nitrogens with one attached hydrogen (secondary N) is 1. The van der Waals surface area contributed by atoms with Crippen LogP contribution in [0.5, 0.6) is 5.88 Å². The molecule has 106 valence electrons. The van der Waals surface area contributed by atoms with Crippen LogP contribution in [-0.4, -0.2) is 22.7 Å². The third-order valence-corrected chi connectivity index (χ3v) is 4.00. The van der Waals surface area contributed by atoms with Crippen LogP contribution in [0.2, 0.25) is 0 Å². The van der Waals surface area contributed by atoms with Gasteiger partial charge in [-0.25, -0.2) is 0 Å². The summed E-state index contributed by atoms with van der Waals surface area (Å²) in [6.07, 6.45) is 0. The molecule has 0 aliphatic rings. The molecule has 2 aromatic heterocycles. The third kappa shape index (κ3) is 3.77. The van der Waals surface area contributed by atoms with Crippen LogP contribution in [0.3, 0.4) is 0 Å². The van der Waals surface area contributed by atoms with Gasteiger partial charge in [-0.15, -0.1) is 16.4 Å². The SMILES string of the molecule is Cc1cc(OCC(=O)NCc2sccc2C)nnc1C. The number of hydrogen-bond donors (Lipinski definition) is 1. The molecule has 20 heavy (non-hydrogen) atoms. The summed E-state index contributed by atoms with van der Waals surface area (Å²) < 4.78 is 5.32. The lowest BCUT2D eigenvalue weighted by Gasteiger charge is -2.07. The van der Waals surface area contributed by atoms with E-state index >= 15 is 0 Å². The Morgan fingerprint density at radius 3 is 2.75 bits per heavy atom. The van der Waals surface area contributed by atoms with Crippen molar-refractivity contribution in [1.29, 1.82) is 0 Å². The third-order valence-electron chi connectivity index (χ3n) is 2.97. The summed E-state index contributed by atoms with van der Waals surface area (Å²) in [5, 5.41) is 12.7. The first kappa shape index (κ1) is 14.5. The van der Waals surface area contributed by atoms with E-state index in [1.165, 1.54) is 5.56 Å². The van der Waals surface area contributed by atoms with E-state index in [0.717, 1.165) is 16.1 Å². The van der Waals surface area contributed by atoms with Crippen molar-refractivity contribution in [3.63, 3.8) is 0 Å². The smallest absolute Gasteiger partial charge is 0.258 e. The molecule has 0 bridgehead atoms. The maximum atomic E-state index is 11.7. The van der Waals surface area contributed by atoms with E-state index in [1.54, 1.807) is 17.4 Å². The van der Waals surface area contributed by atoms with Crippen molar-refractivity contribution in [2.24, 2.45) is 0 Å². The molecule has 2 rings (SSSR count). The molecule has 0 fully saturated rings. The Bertz CT molecular complexity index is 610. The van der Waals surface area contributed by atoms with Gasteiger partial charge in [0.25, 0.3) is 5.91 Å². The minimum atomic E-state index is -0.169. The number of hydrogen-bond acceptors (Lipinski definition) is 5. The molecule has 0 radical (unpaired) electrons. The molecule has 0 aliphatic carbocycles. The quantitative estimate of drug-likeness (QED) is 0.917. The van der Waals surface area contributed by atoms with Gasteiger partial charge in [0.2, 0.25) is 5.88 Å². The molecule has 0 unspecified atom stereocenters. The molecular weight excluding hydrogens is 274 g/mol. The van der Waals surface area contributed by atoms with Crippen LogP contribution in [0, 0.1) is 20.8 Å². The van der Waals surface area contributed by atoms with E-state index in [0.29, 0.717) is 12.4 Å². The highest BCUT2D eigenvalue weighted by molar-refractivity contribution is 7.10. The molecule has 0 spiro atoms. The average molecular weight is 291 g/mol. The molecular formula is C14H17N3O2S. The number of amides is 1. The highest BCUT2D eigenvalue weighted by atomic mass is 32.1. The molecule has 1 amide bonds. The minimum absolute atomic E-state index is 0.0540. The normalized spacial score (nSPS) is 10.3. The number of aryl methyl sites for hydroxylation is 3. The van der Waals surface area contributed by atoms with Crippen molar-refractivity contribution in [2.75, 3.05) is 6.61 Å². The molecule has 1 N–H and O–H groups in total. The Kier molecular flexibility index (Phi) is 4.68. The first-order chi connectivity index (χ1) is 9.56. The molecule has 0 aromatic carbocycles. The van der Waals surface area contributed by atoms with Crippen molar-refractivity contribution >= 4 is 17.2 Å². The zero-order chi connectivity index (χ0) is 14.5. The lowest BCUT2D eigenvalue weighted by molar-refractivity contribution is -0.123. The van der Waals surface area contributed by atoms with Crippen LogP contribution in [0.1, 0.15) is 21.7 Å². The Morgan fingerprint density at radius 1 is 1.30 bits per heavy atom. The van der Waals surface area contributed by atoms with Gasteiger partial charge in [0.1, 0.15) is 0 Å². The molecule has 0 aliphatic heterocycles. The van der Waals surface area contributed by atoms with Gasteiger partial charge < -0.3 is 10.1 Å². The Hall–Kier alpha value is -1.95. The molecule has 2 aromatic rings. The molecule has 0 saturated heterocycles. The van der Waals surface area contributed by atoms with Gasteiger partial charge in [0.15, 0.2) is 6.61 Å². The fourth-order valence-electron chi connectivity index (χ4n) is 1.55. The zero-order valence-corrected chi connectivity index (χ0v) is 12.6. The monoisotopic (exact) mass is 291 g/mol. The lowest BCUT2D eigenvalue weighted by Crippen LogP contribution is -2.28. The summed E-state index contributed by atoms with van der Waals surface area (Å²) in [5.41, 5.74) is 3.04. The molecule has 0 atom stereocenters. The van der Waals surface area contributed by atoms with Gasteiger partial charge in [-0.2, -0.15) is 5.10 Å². The van der Waals surface area contributed by atoms with Crippen molar-refractivity contribution < 1.29 is 9.53 Å². The first-order valence-corrected chi connectivity index (χ1v) is 7.17. The standard InChI is InChI=1S/C14H17N3O2S/c1-9-4-5-20-12(9)7-15-13(18)8-19-14-6-10(2)11(3)16-17-14/h4-6H,7-8H2,1-3H3,(H,15,18). The van der Waals surface area contributed by atoms with E-state index < -0.39 is 0 Å². The van der Waals surface area contributed by atoms with Gasteiger partial charge in [0, 0.05) is 10.9 Å². The Labute approximate surface area is 122 Å². The molecule has 2 heterocycles. The van der Waals surface area contributed by atoms with Crippen LogP contribution in [0.25, 0.3) is 0 Å². The Morgan fingerprint density at radius 2 is 2.10 bits per heavy atom. The molecule has 0 saturated carbocycles. The highest BCUT2D eigenvalue weighted by Crippen LogP contribution is 2.14. The van der Waals surface area contributed by atoms with Crippen LogP contribution < -0.4 is 10.1 Å². The van der Waals surface area contributed by atoms with Crippen LogP contribution >= 0.6 is 11.3 Å². The first-order valence-electron chi connectivity index (χ1n) is 6.29. The topological polar surface area (TPSA) is 64.1 Å². The van der Waals surface area contributed by atoms with E-state index in [1.807, 2.05) is 32.2 Å².